The maximum Gasteiger partial charge on any atom is 0.253 e. The van der Waals surface area contributed by atoms with Gasteiger partial charge in [-0.2, -0.15) is 0 Å². The summed E-state index contributed by atoms with van der Waals surface area (Å²) >= 11 is 0. The molecular formula is C24H30N2O2. The van der Waals surface area contributed by atoms with E-state index in [9.17, 15) is 4.79 Å². The Kier molecular flexibility index (Phi) is 5.96. The highest BCUT2D eigenvalue weighted by molar-refractivity contribution is 5.94. The third kappa shape index (κ3) is 4.22. The van der Waals surface area contributed by atoms with Crippen LogP contribution >= 0.6 is 0 Å². The maximum atomic E-state index is 12.9. The Balaban J connectivity index is 1.33. The Labute approximate surface area is 168 Å². The van der Waals surface area contributed by atoms with E-state index < -0.39 is 0 Å². The Morgan fingerprint density at radius 2 is 1.86 bits per heavy atom. The number of carbonyl (C=O) groups excluding carboxylic acids is 1. The average Bonchev–Trinajstić information content (AvgIpc) is 3.24. The Hall–Kier alpha value is -2.33. The van der Waals surface area contributed by atoms with E-state index in [4.69, 9.17) is 4.74 Å². The van der Waals surface area contributed by atoms with E-state index in [0.717, 1.165) is 69.8 Å². The number of fused-ring (bicyclic) bond motifs is 1. The number of rotatable bonds is 6. The summed E-state index contributed by atoms with van der Waals surface area (Å²) in [4.78, 5) is 17.5. The van der Waals surface area contributed by atoms with Gasteiger partial charge in [0.15, 0.2) is 0 Å². The van der Waals surface area contributed by atoms with Crippen LogP contribution in [-0.2, 0) is 13.0 Å². The van der Waals surface area contributed by atoms with Crippen molar-refractivity contribution in [3.63, 3.8) is 0 Å². The summed E-state index contributed by atoms with van der Waals surface area (Å²) in [7, 11) is 0. The van der Waals surface area contributed by atoms with Crippen molar-refractivity contribution in [1.82, 2.24) is 9.80 Å². The van der Waals surface area contributed by atoms with Gasteiger partial charge in [0.1, 0.15) is 5.75 Å². The van der Waals surface area contributed by atoms with Gasteiger partial charge in [-0.05, 0) is 54.7 Å². The lowest BCUT2D eigenvalue weighted by atomic mass is 9.98. The minimum absolute atomic E-state index is 0.139. The molecule has 0 spiro atoms. The number of nitrogens with zero attached hydrogens (tertiary/aromatic N) is 2. The predicted octanol–water partition coefficient (Wildman–Crippen LogP) is 4.14. The van der Waals surface area contributed by atoms with Crippen molar-refractivity contribution in [2.45, 2.75) is 45.2 Å². The van der Waals surface area contributed by atoms with Gasteiger partial charge in [0, 0.05) is 37.8 Å². The third-order valence-corrected chi connectivity index (χ3v) is 6.00. The molecule has 2 aliphatic heterocycles. The molecule has 2 heterocycles. The number of amides is 1. The van der Waals surface area contributed by atoms with Gasteiger partial charge in [0.05, 0.1) is 6.61 Å². The van der Waals surface area contributed by atoms with Crippen molar-refractivity contribution < 1.29 is 9.53 Å². The zero-order valence-electron chi connectivity index (χ0n) is 16.8. The van der Waals surface area contributed by atoms with Crippen LogP contribution in [0.4, 0.5) is 0 Å². The number of hydrogen-bond donors (Lipinski definition) is 0. The molecule has 1 atom stereocenters. The highest BCUT2D eigenvalue weighted by Crippen LogP contribution is 2.25. The molecule has 0 unspecified atom stereocenters. The second kappa shape index (κ2) is 8.78. The zero-order valence-corrected chi connectivity index (χ0v) is 16.8. The fourth-order valence-electron chi connectivity index (χ4n) is 4.26. The number of likely N-dealkylation sites (tertiary alicyclic amines) is 1. The molecule has 2 aromatic carbocycles. The van der Waals surface area contributed by atoms with Crippen LogP contribution in [0.5, 0.6) is 5.75 Å². The van der Waals surface area contributed by atoms with Crippen LogP contribution in [0, 0.1) is 0 Å². The van der Waals surface area contributed by atoms with Crippen molar-refractivity contribution in [3.8, 4) is 5.75 Å². The van der Waals surface area contributed by atoms with Crippen molar-refractivity contribution in [2.75, 3.05) is 26.2 Å². The highest BCUT2D eigenvalue weighted by Gasteiger charge is 2.32. The van der Waals surface area contributed by atoms with Gasteiger partial charge >= 0.3 is 0 Å². The van der Waals surface area contributed by atoms with Gasteiger partial charge in [-0.3, -0.25) is 9.69 Å². The van der Waals surface area contributed by atoms with Gasteiger partial charge in [0.2, 0.25) is 0 Å². The number of unbranched alkanes of at least 4 members (excludes halogenated alkanes) is 1. The van der Waals surface area contributed by atoms with E-state index in [1.807, 2.05) is 29.2 Å². The van der Waals surface area contributed by atoms with E-state index in [-0.39, 0.29) is 5.91 Å². The van der Waals surface area contributed by atoms with Crippen molar-refractivity contribution >= 4 is 5.91 Å². The molecule has 0 saturated carbocycles. The van der Waals surface area contributed by atoms with Crippen LogP contribution in [0.25, 0.3) is 0 Å². The fraction of sp³-hybridized carbons (Fsp3) is 0.458. The van der Waals surface area contributed by atoms with Crippen LogP contribution in [0.2, 0.25) is 0 Å². The second-order valence-corrected chi connectivity index (χ2v) is 7.91. The molecule has 4 rings (SSSR count). The van der Waals surface area contributed by atoms with Gasteiger partial charge in [-0.25, -0.2) is 0 Å². The van der Waals surface area contributed by atoms with Crippen LogP contribution in [-0.4, -0.2) is 48.0 Å². The largest absolute Gasteiger partial charge is 0.494 e. The normalized spacial score (nSPS) is 19.5. The minimum atomic E-state index is 0.139. The van der Waals surface area contributed by atoms with Gasteiger partial charge in [-0.1, -0.05) is 37.6 Å². The Morgan fingerprint density at radius 3 is 2.64 bits per heavy atom. The molecule has 4 heteroatoms. The standard InChI is InChI=1S/C24H30N2O2/c1-2-3-16-28-23-10-8-20(9-11-23)24(27)26-15-13-22(18-26)25-14-12-19-6-4-5-7-21(19)17-25/h4-11,22H,2-3,12-18H2,1H3/t22-/m0/s1. The number of benzene rings is 2. The first kappa shape index (κ1) is 19.0. The van der Waals surface area contributed by atoms with Crippen molar-refractivity contribution in [3.05, 3.63) is 65.2 Å². The second-order valence-electron chi connectivity index (χ2n) is 7.91. The molecule has 1 fully saturated rings. The molecule has 1 amide bonds. The molecule has 148 valence electrons. The topological polar surface area (TPSA) is 32.8 Å². The van der Waals surface area contributed by atoms with Crippen molar-refractivity contribution in [2.24, 2.45) is 0 Å². The summed E-state index contributed by atoms with van der Waals surface area (Å²) in [5, 5.41) is 0. The Bertz CT molecular complexity index is 803. The Morgan fingerprint density at radius 1 is 1.07 bits per heavy atom. The molecule has 0 N–H and O–H groups in total. The molecular weight excluding hydrogens is 348 g/mol. The molecule has 2 aromatic rings. The molecule has 0 aliphatic carbocycles. The molecule has 0 radical (unpaired) electrons. The fourth-order valence-corrected chi connectivity index (χ4v) is 4.26. The molecule has 4 nitrogen and oxygen atoms in total. The quantitative estimate of drug-likeness (QED) is 0.709. The first-order valence-corrected chi connectivity index (χ1v) is 10.6. The van der Waals surface area contributed by atoms with Crippen LogP contribution in [0.15, 0.2) is 48.5 Å². The minimum Gasteiger partial charge on any atom is -0.494 e. The molecule has 2 aliphatic rings. The number of ether oxygens (including phenoxy) is 1. The molecule has 0 bridgehead atoms. The van der Waals surface area contributed by atoms with Gasteiger partial charge < -0.3 is 9.64 Å². The van der Waals surface area contributed by atoms with Gasteiger partial charge in [-0.15, -0.1) is 0 Å². The first-order chi connectivity index (χ1) is 13.7. The molecule has 28 heavy (non-hydrogen) atoms. The van der Waals surface area contributed by atoms with E-state index in [1.54, 1.807) is 0 Å². The maximum absolute atomic E-state index is 12.9. The monoisotopic (exact) mass is 378 g/mol. The predicted molar refractivity (Wildman–Crippen MR) is 112 cm³/mol. The molecule has 0 aromatic heterocycles. The van der Waals surface area contributed by atoms with E-state index in [2.05, 4.69) is 36.1 Å². The number of carbonyl (C=O) groups is 1. The van der Waals surface area contributed by atoms with Crippen molar-refractivity contribution in [1.29, 1.82) is 0 Å². The van der Waals surface area contributed by atoms with Crippen LogP contribution in [0.1, 0.15) is 47.7 Å². The lowest BCUT2D eigenvalue weighted by Gasteiger charge is -2.33. The van der Waals surface area contributed by atoms with Crippen LogP contribution < -0.4 is 4.74 Å². The summed E-state index contributed by atoms with van der Waals surface area (Å²) in [5.74, 6) is 0.983. The summed E-state index contributed by atoms with van der Waals surface area (Å²) in [6, 6.07) is 16.8. The first-order valence-electron chi connectivity index (χ1n) is 10.6. The smallest absolute Gasteiger partial charge is 0.253 e. The van der Waals surface area contributed by atoms with Gasteiger partial charge in [0.25, 0.3) is 5.91 Å². The zero-order chi connectivity index (χ0) is 19.3. The SMILES string of the molecule is CCCCOc1ccc(C(=O)N2CC[C@H](N3CCc4ccccc4C3)C2)cc1. The van der Waals surface area contributed by atoms with E-state index in [0.29, 0.717) is 6.04 Å². The lowest BCUT2D eigenvalue weighted by Crippen LogP contribution is -2.41. The summed E-state index contributed by atoms with van der Waals surface area (Å²) in [6.07, 6.45) is 4.35. The average molecular weight is 379 g/mol. The lowest BCUT2D eigenvalue weighted by molar-refractivity contribution is 0.0773. The summed E-state index contributed by atoms with van der Waals surface area (Å²) < 4.78 is 5.70. The van der Waals surface area contributed by atoms with E-state index in [1.165, 1.54) is 11.1 Å². The summed E-state index contributed by atoms with van der Waals surface area (Å²) in [5.41, 5.74) is 3.68. The molecule has 1 saturated heterocycles. The third-order valence-electron chi connectivity index (χ3n) is 6.00. The number of hydrogen-bond acceptors (Lipinski definition) is 3. The highest BCUT2D eigenvalue weighted by atomic mass is 16.5. The van der Waals surface area contributed by atoms with E-state index >= 15 is 0 Å². The summed E-state index contributed by atoms with van der Waals surface area (Å²) in [6.45, 7) is 6.65. The van der Waals surface area contributed by atoms with Crippen LogP contribution in [0.3, 0.4) is 0 Å².